The first kappa shape index (κ1) is 8.75. The lowest BCUT2D eigenvalue weighted by atomic mass is 10.2. The van der Waals surface area contributed by atoms with Gasteiger partial charge in [0.25, 0.3) is 0 Å². The third-order valence-electron chi connectivity index (χ3n) is 2.19. The van der Waals surface area contributed by atoms with Crippen LogP contribution in [-0.2, 0) is 4.79 Å². The van der Waals surface area contributed by atoms with Gasteiger partial charge in [0.15, 0.2) is 0 Å². The molecule has 1 aromatic carbocycles. The second-order valence-electron chi connectivity index (χ2n) is 3.13. The smallest absolute Gasteiger partial charge is 0.149 e. The summed E-state index contributed by atoms with van der Waals surface area (Å²) in [6.07, 6.45) is 6.54. The van der Waals surface area contributed by atoms with E-state index in [1.54, 1.807) is 0 Å². The summed E-state index contributed by atoms with van der Waals surface area (Å²) < 4.78 is 0. The maximum absolute atomic E-state index is 10.5. The van der Waals surface area contributed by atoms with Crippen molar-refractivity contribution in [1.82, 2.24) is 0 Å². The van der Waals surface area contributed by atoms with Crippen LogP contribution in [0, 0.1) is 0 Å². The first-order chi connectivity index (χ1) is 6.90. The van der Waals surface area contributed by atoms with Crippen molar-refractivity contribution < 1.29 is 4.79 Å². The highest BCUT2D eigenvalue weighted by atomic mass is 16.1. The van der Waals surface area contributed by atoms with Crippen molar-refractivity contribution in [3.8, 4) is 0 Å². The standard InChI is InChI=1S/C12H11NO/c14-10-11-6-8-13(9-7-11)12-4-2-1-3-5-12/h1-8,10H,9H2. The van der Waals surface area contributed by atoms with Crippen LogP contribution in [0.2, 0.25) is 0 Å². The molecule has 1 aromatic rings. The summed E-state index contributed by atoms with van der Waals surface area (Å²) in [5.41, 5.74) is 1.89. The Kier molecular flexibility index (Phi) is 2.45. The Morgan fingerprint density at radius 2 is 2.00 bits per heavy atom. The van der Waals surface area contributed by atoms with Gasteiger partial charge in [0.05, 0.1) is 0 Å². The molecule has 0 aliphatic carbocycles. The van der Waals surface area contributed by atoms with Crippen LogP contribution in [0.1, 0.15) is 0 Å². The number of benzene rings is 1. The molecule has 0 saturated heterocycles. The maximum atomic E-state index is 10.5. The Morgan fingerprint density at radius 3 is 2.57 bits per heavy atom. The highest BCUT2D eigenvalue weighted by Crippen LogP contribution is 2.16. The minimum absolute atomic E-state index is 0.747. The fourth-order valence-electron chi connectivity index (χ4n) is 1.41. The van der Waals surface area contributed by atoms with E-state index in [9.17, 15) is 4.79 Å². The van der Waals surface area contributed by atoms with Crippen LogP contribution in [0.3, 0.4) is 0 Å². The van der Waals surface area contributed by atoms with Gasteiger partial charge in [0.2, 0.25) is 0 Å². The van der Waals surface area contributed by atoms with Gasteiger partial charge in [-0.15, -0.1) is 0 Å². The molecule has 0 saturated carbocycles. The van der Waals surface area contributed by atoms with Gasteiger partial charge in [-0.25, -0.2) is 0 Å². The fraction of sp³-hybridized carbons (Fsp3) is 0.0833. The number of allylic oxidation sites excluding steroid dienone is 2. The predicted molar refractivity (Wildman–Crippen MR) is 57.1 cm³/mol. The average molecular weight is 185 g/mol. The van der Waals surface area contributed by atoms with E-state index in [2.05, 4.69) is 4.90 Å². The van der Waals surface area contributed by atoms with Gasteiger partial charge in [-0.05, 0) is 18.2 Å². The molecule has 0 atom stereocenters. The fourth-order valence-corrected chi connectivity index (χ4v) is 1.41. The number of carbonyl (C=O) groups is 1. The number of aldehydes is 1. The quantitative estimate of drug-likeness (QED) is 0.658. The molecule has 0 fully saturated rings. The molecule has 2 nitrogen and oxygen atoms in total. The Bertz CT molecular complexity index is 379. The van der Waals surface area contributed by atoms with Crippen molar-refractivity contribution in [3.05, 3.63) is 54.3 Å². The molecule has 1 aliphatic rings. The van der Waals surface area contributed by atoms with Gasteiger partial charge in [-0.1, -0.05) is 24.3 Å². The van der Waals surface area contributed by atoms with E-state index in [1.807, 2.05) is 48.7 Å². The van der Waals surface area contributed by atoms with Crippen molar-refractivity contribution in [2.45, 2.75) is 0 Å². The van der Waals surface area contributed by atoms with E-state index in [1.165, 1.54) is 0 Å². The van der Waals surface area contributed by atoms with Gasteiger partial charge in [0.1, 0.15) is 6.29 Å². The average Bonchev–Trinajstić information content (AvgIpc) is 2.30. The lowest BCUT2D eigenvalue weighted by Gasteiger charge is -2.21. The number of anilines is 1. The molecule has 1 aliphatic heterocycles. The molecule has 0 amide bonds. The van der Waals surface area contributed by atoms with Gasteiger partial charge < -0.3 is 4.90 Å². The molecule has 2 heteroatoms. The predicted octanol–water partition coefficient (Wildman–Crippen LogP) is 2.15. The zero-order valence-electron chi connectivity index (χ0n) is 7.76. The first-order valence-corrected chi connectivity index (χ1v) is 4.55. The highest BCUT2D eigenvalue weighted by Gasteiger charge is 2.04. The third kappa shape index (κ3) is 1.74. The van der Waals surface area contributed by atoms with Crippen LogP contribution in [0.15, 0.2) is 54.3 Å². The Balaban J connectivity index is 2.15. The van der Waals surface area contributed by atoms with Gasteiger partial charge in [-0.2, -0.15) is 0 Å². The van der Waals surface area contributed by atoms with Gasteiger partial charge in [-0.3, -0.25) is 4.79 Å². The van der Waals surface area contributed by atoms with Crippen LogP contribution in [-0.4, -0.2) is 12.8 Å². The Morgan fingerprint density at radius 1 is 1.21 bits per heavy atom. The van der Waals surface area contributed by atoms with E-state index in [0.29, 0.717) is 0 Å². The molecule has 2 rings (SSSR count). The summed E-state index contributed by atoms with van der Waals surface area (Å²) in [5.74, 6) is 0. The van der Waals surface area contributed by atoms with E-state index in [0.717, 1.165) is 24.1 Å². The van der Waals surface area contributed by atoms with Crippen LogP contribution in [0.5, 0.6) is 0 Å². The van der Waals surface area contributed by atoms with Crippen LogP contribution in [0.25, 0.3) is 0 Å². The monoisotopic (exact) mass is 185 g/mol. The summed E-state index contributed by atoms with van der Waals surface area (Å²) in [6, 6.07) is 10.1. The molecule has 0 radical (unpaired) electrons. The number of rotatable bonds is 2. The van der Waals surface area contributed by atoms with E-state index >= 15 is 0 Å². The second kappa shape index (κ2) is 3.92. The van der Waals surface area contributed by atoms with Crippen LogP contribution >= 0.6 is 0 Å². The Labute approximate surface area is 83.2 Å². The summed E-state index contributed by atoms with van der Waals surface area (Å²) >= 11 is 0. The normalized spacial score (nSPS) is 15.1. The van der Waals surface area contributed by atoms with Gasteiger partial charge >= 0.3 is 0 Å². The zero-order valence-corrected chi connectivity index (χ0v) is 7.76. The first-order valence-electron chi connectivity index (χ1n) is 4.55. The minimum Gasteiger partial charge on any atom is -0.344 e. The molecule has 0 aromatic heterocycles. The molecule has 70 valence electrons. The molecule has 0 N–H and O–H groups in total. The van der Waals surface area contributed by atoms with E-state index < -0.39 is 0 Å². The van der Waals surface area contributed by atoms with Crippen molar-refractivity contribution in [2.24, 2.45) is 0 Å². The van der Waals surface area contributed by atoms with Crippen molar-refractivity contribution in [3.63, 3.8) is 0 Å². The summed E-state index contributed by atoms with van der Waals surface area (Å²) in [7, 11) is 0. The summed E-state index contributed by atoms with van der Waals surface area (Å²) in [6.45, 7) is 0.759. The molecule has 1 heterocycles. The lowest BCUT2D eigenvalue weighted by molar-refractivity contribution is -0.104. The van der Waals surface area contributed by atoms with Crippen molar-refractivity contribution >= 4 is 12.0 Å². The maximum Gasteiger partial charge on any atom is 0.149 e. The molecular formula is C12H11NO. The van der Waals surface area contributed by atoms with Crippen LogP contribution < -0.4 is 4.90 Å². The lowest BCUT2D eigenvalue weighted by Crippen LogP contribution is -2.18. The van der Waals surface area contributed by atoms with Crippen molar-refractivity contribution in [1.29, 1.82) is 0 Å². The topological polar surface area (TPSA) is 20.3 Å². The van der Waals surface area contributed by atoms with Crippen molar-refractivity contribution in [2.75, 3.05) is 11.4 Å². The van der Waals surface area contributed by atoms with Gasteiger partial charge in [0, 0.05) is 24.0 Å². The van der Waals surface area contributed by atoms with E-state index in [4.69, 9.17) is 0 Å². The largest absolute Gasteiger partial charge is 0.344 e. The van der Waals surface area contributed by atoms with Crippen LogP contribution in [0.4, 0.5) is 5.69 Å². The number of para-hydroxylation sites is 1. The number of carbonyl (C=O) groups excluding carboxylic acids is 1. The summed E-state index contributed by atoms with van der Waals surface area (Å²) in [5, 5.41) is 0. The van der Waals surface area contributed by atoms with E-state index in [-0.39, 0.29) is 0 Å². The summed E-state index contributed by atoms with van der Waals surface area (Å²) in [4.78, 5) is 12.6. The minimum atomic E-state index is 0.747. The molecular weight excluding hydrogens is 174 g/mol. The number of nitrogens with zero attached hydrogens (tertiary/aromatic N) is 1. The highest BCUT2D eigenvalue weighted by molar-refractivity contribution is 5.78. The molecule has 0 spiro atoms. The third-order valence-corrected chi connectivity index (χ3v) is 2.19. The second-order valence-corrected chi connectivity index (χ2v) is 3.13. The number of hydrogen-bond acceptors (Lipinski definition) is 2. The SMILES string of the molecule is O=CC1=CCN(c2ccccc2)C=C1. The molecule has 14 heavy (non-hydrogen) atoms. The molecule has 0 bridgehead atoms. The number of hydrogen-bond donors (Lipinski definition) is 0. The Hall–Kier alpha value is -1.83. The molecule has 0 unspecified atom stereocenters. The zero-order chi connectivity index (χ0) is 9.80.